The van der Waals surface area contributed by atoms with Crippen LogP contribution in [0.3, 0.4) is 0 Å². The molecule has 5 nitrogen and oxygen atoms in total. The van der Waals surface area contributed by atoms with Crippen LogP contribution in [-0.4, -0.2) is 34.1 Å². The largest absolute Gasteiger partial charge is 0.480 e. The molecule has 20 heavy (non-hydrogen) atoms. The summed E-state index contributed by atoms with van der Waals surface area (Å²) in [5, 5.41) is 11.8. The van der Waals surface area contributed by atoms with Gasteiger partial charge in [0, 0.05) is 15.3 Å². The van der Waals surface area contributed by atoms with Gasteiger partial charge in [-0.1, -0.05) is 0 Å². The lowest BCUT2D eigenvalue weighted by Gasteiger charge is -2.35. The molecule has 1 heterocycles. The van der Waals surface area contributed by atoms with E-state index in [1.807, 2.05) is 46.8 Å². The first-order valence-corrected chi connectivity index (χ1v) is 7.29. The summed E-state index contributed by atoms with van der Waals surface area (Å²) in [5.41, 5.74) is -0.548. The predicted octanol–water partition coefficient (Wildman–Crippen LogP) is 3.01. The van der Waals surface area contributed by atoms with Crippen LogP contribution in [0, 0.1) is 6.92 Å². The fraction of sp³-hybridized carbons (Fsp3) is 0.571. The molecule has 0 aliphatic carbocycles. The molecule has 0 aliphatic heterocycles. The monoisotopic (exact) mass is 298 g/mol. The number of carboxylic acid groups (broad SMARTS) is 1. The van der Waals surface area contributed by atoms with E-state index in [1.165, 1.54) is 9.78 Å². The zero-order chi connectivity index (χ0) is 15.5. The summed E-state index contributed by atoms with van der Waals surface area (Å²) in [6.45, 7) is 9.03. The number of hydrogen-bond donors (Lipinski definition) is 2. The average Bonchev–Trinajstić information content (AvgIpc) is 2.71. The van der Waals surface area contributed by atoms with Gasteiger partial charge in [-0.2, -0.15) is 0 Å². The van der Waals surface area contributed by atoms with Gasteiger partial charge in [0.15, 0.2) is 0 Å². The molecule has 1 unspecified atom stereocenters. The van der Waals surface area contributed by atoms with Crippen molar-refractivity contribution in [2.75, 3.05) is 6.54 Å². The Kier molecular flexibility index (Phi) is 5.16. The zero-order valence-corrected chi connectivity index (χ0v) is 13.4. The van der Waals surface area contributed by atoms with E-state index in [0.717, 1.165) is 4.88 Å². The first kappa shape index (κ1) is 16.5. The molecule has 0 radical (unpaired) electrons. The average molecular weight is 298 g/mol. The molecule has 2 N–H and O–H groups in total. The van der Waals surface area contributed by atoms with Gasteiger partial charge in [-0.05, 0) is 46.8 Å². The van der Waals surface area contributed by atoms with E-state index in [4.69, 9.17) is 5.11 Å². The van der Waals surface area contributed by atoms with E-state index in [2.05, 4.69) is 5.32 Å². The van der Waals surface area contributed by atoms with E-state index in [0.29, 0.717) is 0 Å². The predicted molar refractivity (Wildman–Crippen MR) is 80.1 cm³/mol. The summed E-state index contributed by atoms with van der Waals surface area (Å²) >= 11 is 1.62. The van der Waals surface area contributed by atoms with Crippen molar-refractivity contribution in [3.05, 3.63) is 21.9 Å². The molecular weight excluding hydrogens is 276 g/mol. The number of aliphatic carboxylic acids is 1. The highest BCUT2D eigenvalue weighted by molar-refractivity contribution is 7.12. The van der Waals surface area contributed by atoms with Gasteiger partial charge in [0.1, 0.15) is 6.54 Å². The Morgan fingerprint density at radius 2 is 2.00 bits per heavy atom. The lowest BCUT2D eigenvalue weighted by atomic mass is 10.1. The topological polar surface area (TPSA) is 69.6 Å². The maximum Gasteiger partial charge on any atom is 0.323 e. The Balaban J connectivity index is 2.78. The summed E-state index contributed by atoms with van der Waals surface area (Å²) in [7, 11) is 0. The maximum absolute atomic E-state index is 12.3. The normalized spacial score (nSPS) is 12.8. The van der Waals surface area contributed by atoms with Crippen molar-refractivity contribution in [3.63, 3.8) is 0 Å². The van der Waals surface area contributed by atoms with E-state index < -0.39 is 11.5 Å². The molecular formula is C14H22N2O3S. The molecule has 0 saturated heterocycles. The molecule has 6 heteroatoms. The molecule has 0 spiro atoms. The third-order valence-electron chi connectivity index (χ3n) is 2.88. The Morgan fingerprint density at radius 1 is 1.40 bits per heavy atom. The Labute approximate surface area is 123 Å². The van der Waals surface area contributed by atoms with Crippen LogP contribution in [0.1, 0.15) is 43.5 Å². The van der Waals surface area contributed by atoms with Crippen LogP contribution in [-0.2, 0) is 4.79 Å². The van der Waals surface area contributed by atoms with Crippen molar-refractivity contribution >= 4 is 23.3 Å². The fourth-order valence-electron chi connectivity index (χ4n) is 1.77. The summed E-state index contributed by atoms with van der Waals surface area (Å²) in [4.78, 5) is 26.7. The van der Waals surface area contributed by atoms with Crippen LogP contribution in [0.4, 0.5) is 4.79 Å². The van der Waals surface area contributed by atoms with Crippen LogP contribution in [0.15, 0.2) is 12.1 Å². The molecule has 1 atom stereocenters. The lowest BCUT2D eigenvalue weighted by Crippen LogP contribution is -2.52. The number of hydrogen-bond acceptors (Lipinski definition) is 3. The van der Waals surface area contributed by atoms with Gasteiger partial charge in [0.05, 0.1) is 6.04 Å². The second kappa shape index (κ2) is 6.26. The molecule has 0 bridgehead atoms. The standard InChI is InChI=1S/C14H22N2O3S/c1-9-6-7-11(20-9)10(2)15-13(19)16(8-12(17)18)14(3,4)5/h6-7,10H,8H2,1-5H3,(H,15,19)(H,17,18). The van der Waals surface area contributed by atoms with E-state index >= 15 is 0 Å². The number of carbonyl (C=O) groups excluding carboxylic acids is 1. The summed E-state index contributed by atoms with van der Waals surface area (Å²) < 4.78 is 0. The maximum atomic E-state index is 12.3. The molecule has 1 aromatic rings. The SMILES string of the molecule is Cc1ccc(C(C)NC(=O)N(CC(=O)O)C(C)(C)C)s1. The van der Waals surface area contributed by atoms with E-state index in [1.54, 1.807) is 11.3 Å². The molecule has 112 valence electrons. The number of carboxylic acids is 1. The number of urea groups is 1. The van der Waals surface area contributed by atoms with E-state index in [9.17, 15) is 9.59 Å². The highest BCUT2D eigenvalue weighted by Gasteiger charge is 2.29. The van der Waals surface area contributed by atoms with Gasteiger partial charge in [-0.3, -0.25) is 4.79 Å². The number of aryl methyl sites for hydroxylation is 1. The van der Waals surface area contributed by atoms with Crippen molar-refractivity contribution in [3.8, 4) is 0 Å². The van der Waals surface area contributed by atoms with Crippen LogP contribution in [0.25, 0.3) is 0 Å². The van der Waals surface area contributed by atoms with Crippen molar-refractivity contribution < 1.29 is 14.7 Å². The number of carbonyl (C=O) groups is 2. The molecule has 0 saturated carbocycles. The quantitative estimate of drug-likeness (QED) is 0.897. The number of rotatable bonds is 4. The highest BCUT2D eigenvalue weighted by atomic mass is 32.1. The van der Waals surface area contributed by atoms with Crippen LogP contribution < -0.4 is 5.32 Å². The zero-order valence-electron chi connectivity index (χ0n) is 12.6. The summed E-state index contributed by atoms with van der Waals surface area (Å²) in [6.07, 6.45) is 0. The van der Waals surface area contributed by atoms with Gasteiger partial charge in [-0.25, -0.2) is 4.79 Å². The van der Waals surface area contributed by atoms with E-state index in [-0.39, 0.29) is 18.6 Å². The smallest absolute Gasteiger partial charge is 0.323 e. The first-order valence-electron chi connectivity index (χ1n) is 6.47. The second-order valence-electron chi connectivity index (χ2n) is 5.77. The van der Waals surface area contributed by atoms with Crippen molar-refractivity contribution in [1.82, 2.24) is 10.2 Å². The summed E-state index contributed by atoms with van der Waals surface area (Å²) in [5.74, 6) is -1.02. The lowest BCUT2D eigenvalue weighted by molar-refractivity contribution is -0.138. The third kappa shape index (κ3) is 4.52. The van der Waals surface area contributed by atoms with Gasteiger partial charge >= 0.3 is 12.0 Å². The molecule has 2 amide bonds. The van der Waals surface area contributed by atoms with Crippen LogP contribution in [0.2, 0.25) is 0 Å². The Bertz CT molecular complexity index is 491. The van der Waals surface area contributed by atoms with Gasteiger partial charge < -0.3 is 15.3 Å². The first-order chi connectivity index (χ1) is 9.11. The Morgan fingerprint density at radius 3 is 2.40 bits per heavy atom. The Hall–Kier alpha value is -1.56. The minimum absolute atomic E-state index is 0.139. The van der Waals surface area contributed by atoms with Crippen LogP contribution >= 0.6 is 11.3 Å². The van der Waals surface area contributed by atoms with Gasteiger partial charge in [0.25, 0.3) is 0 Å². The fourth-order valence-corrected chi connectivity index (χ4v) is 2.65. The number of amides is 2. The summed E-state index contributed by atoms with van der Waals surface area (Å²) in [6, 6.07) is 3.48. The molecule has 0 aromatic carbocycles. The number of thiophene rings is 1. The van der Waals surface area contributed by atoms with Gasteiger partial charge in [0.2, 0.25) is 0 Å². The van der Waals surface area contributed by atoms with Crippen molar-refractivity contribution in [2.24, 2.45) is 0 Å². The second-order valence-corrected chi connectivity index (χ2v) is 7.09. The minimum Gasteiger partial charge on any atom is -0.480 e. The number of nitrogens with one attached hydrogen (secondary N) is 1. The molecule has 0 fully saturated rings. The van der Waals surface area contributed by atoms with Crippen molar-refractivity contribution in [2.45, 2.75) is 46.2 Å². The highest BCUT2D eigenvalue weighted by Crippen LogP contribution is 2.23. The molecule has 1 aromatic heterocycles. The third-order valence-corrected chi connectivity index (χ3v) is 4.06. The number of nitrogens with zero attached hydrogens (tertiary/aromatic N) is 1. The minimum atomic E-state index is -1.02. The molecule has 0 aliphatic rings. The van der Waals surface area contributed by atoms with Crippen LogP contribution in [0.5, 0.6) is 0 Å². The van der Waals surface area contributed by atoms with Crippen molar-refractivity contribution in [1.29, 1.82) is 0 Å². The van der Waals surface area contributed by atoms with Gasteiger partial charge in [-0.15, -0.1) is 11.3 Å². The molecule has 1 rings (SSSR count).